The van der Waals surface area contributed by atoms with Crippen LogP contribution < -0.4 is 20.1 Å². The van der Waals surface area contributed by atoms with Crippen molar-refractivity contribution in [3.05, 3.63) is 42.1 Å². The summed E-state index contributed by atoms with van der Waals surface area (Å²) in [5, 5.41) is 6.03. The molecule has 2 rings (SSSR count). The minimum Gasteiger partial charge on any atom is -0.493 e. The Morgan fingerprint density at radius 2 is 1.88 bits per heavy atom. The lowest BCUT2D eigenvalue weighted by Gasteiger charge is -2.11. The molecule has 0 spiro atoms. The molecule has 0 fully saturated rings. The molecule has 24 heavy (non-hydrogen) atoms. The van der Waals surface area contributed by atoms with E-state index < -0.39 is 0 Å². The van der Waals surface area contributed by atoms with Crippen molar-refractivity contribution in [1.82, 2.24) is 10.3 Å². The minimum absolute atomic E-state index is 0.117. The number of benzene rings is 1. The van der Waals surface area contributed by atoms with Crippen molar-refractivity contribution >= 4 is 17.4 Å². The Labute approximate surface area is 142 Å². The van der Waals surface area contributed by atoms with E-state index in [0.29, 0.717) is 35.3 Å². The number of rotatable bonds is 7. The first-order valence-corrected chi connectivity index (χ1v) is 7.76. The molecule has 6 heteroatoms. The van der Waals surface area contributed by atoms with Crippen LogP contribution in [0, 0.1) is 5.92 Å². The quantitative estimate of drug-likeness (QED) is 0.816. The molecule has 0 saturated carbocycles. The number of hydrogen-bond acceptors (Lipinski definition) is 5. The molecule has 2 N–H and O–H groups in total. The van der Waals surface area contributed by atoms with Gasteiger partial charge in [0, 0.05) is 24.5 Å². The molecular weight excluding hydrogens is 306 g/mol. The van der Waals surface area contributed by atoms with Crippen LogP contribution in [0.1, 0.15) is 24.2 Å². The highest BCUT2D eigenvalue weighted by molar-refractivity contribution is 5.94. The number of nitrogens with one attached hydrogen (secondary N) is 2. The number of amides is 1. The van der Waals surface area contributed by atoms with Gasteiger partial charge in [0.05, 0.1) is 19.8 Å². The van der Waals surface area contributed by atoms with Crippen molar-refractivity contribution in [2.75, 3.05) is 26.1 Å². The highest BCUT2D eigenvalue weighted by Crippen LogP contribution is 2.30. The molecule has 6 nitrogen and oxygen atoms in total. The van der Waals surface area contributed by atoms with Crippen LogP contribution in [0.3, 0.4) is 0 Å². The lowest BCUT2D eigenvalue weighted by molar-refractivity contribution is 0.0948. The van der Waals surface area contributed by atoms with Crippen LogP contribution in [0.15, 0.2) is 36.5 Å². The number of methoxy groups -OCH3 is 2. The van der Waals surface area contributed by atoms with Crippen LogP contribution in [-0.4, -0.2) is 31.7 Å². The molecule has 1 aromatic heterocycles. The van der Waals surface area contributed by atoms with E-state index in [4.69, 9.17) is 9.47 Å². The summed E-state index contributed by atoms with van der Waals surface area (Å²) < 4.78 is 10.5. The molecule has 0 atom stereocenters. The Morgan fingerprint density at radius 1 is 1.12 bits per heavy atom. The Kier molecular flexibility index (Phi) is 6.01. The Bertz CT molecular complexity index is 684. The predicted molar refractivity (Wildman–Crippen MR) is 94.2 cm³/mol. The minimum atomic E-state index is -0.117. The first-order chi connectivity index (χ1) is 11.5. The molecule has 1 aromatic carbocycles. The summed E-state index contributed by atoms with van der Waals surface area (Å²) in [4.78, 5) is 16.2. The second-order valence-corrected chi connectivity index (χ2v) is 5.73. The summed E-state index contributed by atoms with van der Waals surface area (Å²) in [5.41, 5.74) is 1.35. The smallest absolute Gasteiger partial charge is 0.252 e. The van der Waals surface area contributed by atoms with Gasteiger partial charge in [-0.15, -0.1) is 0 Å². The first-order valence-electron chi connectivity index (χ1n) is 7.76. The number of hydrogen-bond donors (Lipinski definition) is 2. The Hall–Kier alpha value is -2.76. The highest BCUT2D eigenvalue weighted by atomic mass is 16.5. The van der Waals surface area contributed by atoms with Crippen LogP contribution >= 0.6 is 0 Å². The fraction of sp³-hybridized carbons (Fsp3) is 0.333. The third-order valence-electron chi connectivity index (χ3n) is 3.35. The number of ether oxygens (including phenoxy) is 2. The molecule has 1 heterocycles. The molecule has 0 saturated heterocycles. The maximum absolute atomic E-state index is 12.0. The van der Waals surface area contributed by atoms with Gasteiger partial charge in [0.15, 0.2) is 11.5 Å². The lowest BCUT2D eigenvalue weighted by Crippen LogP contribution is -2.27. The molecule has 0 aliphatic rings. The summed E-state index contributed by atoms with van der Waals surface area (Å²) >= 11 is 0. The standard InChI is InChI=1S/C18H23N3O3/c1-12(2)10-20-18(22)13-5-8-17(19-11-13)21-14-6-7-15(23-3)16(9-14)24-4/h5-9,11-12H,10H2,1-4H3,(H,19,21)(H,20,22). The number of carbonyl (C=O) groups is 1. The summed E-state index contributed by atoms with van der Waals surface area (Å²) in [6, 6.07) is 9.01. The monoisotopic (exact) mass is 329 g/mol. The summed E-state index contributed by atoms with van der Waals surface area (Å²) in [6.07, 6.45) is 1.55. The number of nitrogens with zero attached hydrogens (tertiary/aromatic N) is 1. The van der Waals surface area contributed by atoms with E-state index >= 15 is 0 Å². The zero-order valence-electron chi connectivity index (χ0n) is 14.4. The number of pyridine rings is 1. The van der Waals surface area contributed by atoms with E-state index in [-0.39, 0.29) is 5.91 Å². The van der Waals surface area contributed by atoms with Crippen LogP contribution in [0.2, 0.25) is 0 Å². The van der Waals surface area contributed by atoms with Crippen LogP contribution in [0.25, 0.3) is 0 Å². The zero-order chi connectivity index (χ0) is 17.5. The second-order valence-electron chi connectivity index (χ2n) is 5.73. The Morgan fingerprint density at radius 3 is 2.46 bits per heavy atom. The van der Waals surface area contributed by atoms with Gasteiger partial charge in [-0.2, -0.15) is 0 Å². The molecule has 0 aliphatic heterocycles. The van der Waals surface area contributed by atoms with Gasteiger partial charge in [-0.1, -0.05) is 13.8 Å². The van der Waals surface area contributed by atoms with Crippen LogP contribution in [0.5, 0.6) is 11.5 Å². The van der Waals surface area contributed by atoms with Gasteiger partial charge in [-0.25, -0.2) is 4.98 Å². The number of anilines is 2. The van der Waals surface area contributed by atoms with Gasteiger partial charge in [-0.05, 0) is 30.2 Å². The fourth-order valence-corrected chi connectivity index (χ4v) is 2.06. The summed E-state index contributed by atoms with van der Waals surface area (Å²) in [5.74, 6) is 2.23. The number of carbonyl (C=O) groups excluding carboxylic acids is 1. The molecular formula is C18H23N3O3. The number of aromatic nitrogens is 1. The van der Waals surface area contributed by atoms with Crippen molar-refractivity contribution in [3.63, 3.8) is 0 Å². The average Bonchev–Trinajstić information content (AvgIpc) is 2.60. The zero-order valence-corrected chi connectivity index (χ0v) is 14.4. The third-order valence-corrected chi connectivity index (χ3v) is 3.35. The average molecular weight is 329 g/mol. The van der Waals surface area contributed by atoms with Crippen LogP contribution in [-0.2, 0) is 0 Å². The van der Waals surface area contributed by atoms with E-state index in [1.165, 1.54) is 0 Å². The van der Waals surface area contributed by atoms with Crippen molar-refractivity contribution in [3.8, 4) is 11.5 Å². The first kappa shape index (κ1) is 17.6. The van der Waals surface area contributed by atoms with E-state index in [2.05, 4.69) is 29.5 Å². The van der Waals surface area contributed by atoms with E-state index in [1.807, 2.05) is 18.2 Å². The maximum Gasteiger partial charge on any atom is 0.252 e. The fourth-order valence-electron chi connectivity index (χ4n) is 2.06. The SMILES string of the molecule is COc1ccc(Nc2ccc(C(=O)NCC(C)C)cn2)cc1OC. The topological polar surface area (TPSA) is 72.5 Å². The summed E-state index contributed by atoms with van der Waals surface area (Å²) in [6.45, 7) is 4.74. The van der Waals surface area contributed by atoms with Gasteiger partial charge in [0.2, 0.25) is 0 Å². The van der Waals surface area contributed by atoms with Gasteiger partial charge in [0.25, 0.3) is 5.91 Å². The van der Waals surface area contributed by atoms with Gasteiger partial charge >= 0.3 is 0 Å². The molecule has 1 amide bonds. The predicted octanol–water partition coefficient (Wildman–Crippen LogP) is 3.23. The van der Waals surface area contributed by atoms with E-state index in [1.54, 1.807) is 32.5 Å². The van der Waals surface area contributed by atoms with Gasteiger partial charge in [-0.3, -0.25) is 4.79 Å². The molecule has 0 radical (unpaired) electrons. The second kappa shape index (κ2) is 8.19. The third kappa shape index (κ3) is 4.62. The highest BCUT2D eigenvalue weighted by Gasteiger charge is 2.08. The molecule has 0 bridgehead atoms. The van der Waals surface area contributed by atoms with Crippen LogP contribution in [0.4, 0.5) is 11.5 Å². The maximum atomic E-state index is 12.0. The van der Waals surface area contributed by atoms with Gasteiger partial charge < -0.3 is 20.1 Å². The normalized spacial score (nSPS) is 10.4. The van der Waals surface area contributed by atoms with Crippen molar-refractivity contribution in [2.24, 2.45) is 5.92 Å². The van der Waals surface area contributed by atoms with Gasteiger partial charge in [0.1, 0.15) is 5.82 Å². The van der Waals surface area contributed by atoms with Crippen molar-refractivity contribution < 1.29 is 14.3 Å². The molecule has 0 aliphatic carbocycles. The lowest BCUT2D eigenvalue weighted by atomic mass is 10.2. The molecule has 0 unspecified atom stereocenters. The summed E-state index contributed by atoms with van der Waals surface area (Å²) in [7, 11) is 3.18. The largest absolute Gasteiger partial charge is 0.493 e. The van der Waals surface area contributed by atoms with E-state index in [0.717, 1.165) is 5.69 Å². The van der Waals surface area contributed by atoms with E-state index in [9.17, 15) is 4.79 Å². The Balaban J connectivity index is 2.05. The van der Waals surface area contributed by atoms with Crippen molar-refractivity contribution in [1.29, 1.82) is 0 Å². The van der Waals surface area contributed by atoms with Crippen molar-refractivity contribution in [2.45, 2.75) is 13.8 Å². The molecule has 128 valence electrons. The molecule has 2 aromatic rings.